The van der Waals surface area contributed by atoms with Gasteiger partial charge in [-0.3, -0.25) is 14.5 Å². The van der Waals surface area contributed by atoms with Gasteiger partial charge in [0.05, 0.1) is 16.3 Å². The summed E-state index contributed by atoms with van der Waals surface area (Å²) in [6, 6.07) is 12.6. The van der Waals surface area contributed by atoms with Crippen molar-refractivity contribution < 1.29 is 17.6 Å². The molecule has 28 heavy (non-hydrogen) atoms. The molecule has 2 aromatic carbocycles. The molecule has 1 aromatic heterocycles. The zero-order valence-electron chi connectivity index (χ0n) is 14.6. The summed E-state index contributed by atoms with van der Waals surface area (Å²) in [5.41, 5.74) is 0.447. The van der Waals surface area contributed by atoms with Crippen LogP contribution in [-0.2, 0) is 10.0 Å². The van der Waals surface area contributed by atoms with Gasteiger partial charge in [0.15, 0.2) is 0 Å². The number of hydrogen-bond acceptors (Lipinski definition) is 4. The number of anilines is 2. The van der Waals surface area contributed by atoms with Crippen LogP contribution in [0.1, 0.15) is 16.1 Å². The minimum Gasteiger partial charge on any atom is -0.319 e. The van der Waals surface area contributed by atoms with E-state index in [0.29, 0.717) is 5.56 Å². The van der Waals surface area contributed by atoms with E-state index in [1.54, 1.807) is 25.1 Å². The first-order valence-electron chi connectivity index (χ1n) is 8.08. The summed E-state index contributed by atoms with van der Waals surface area (Å²) >= 11 is 6.00. The first kappa shape index (κ1) is 19.8. The monoisotopic (exact) mass is 419 g/mol. The molecule has 0 aliphatic carbocycles. The van der Waals surface area contributed by atoms with Crippen molar-refractivity contribution in [1.29, 1.82) is 0 Å². The topological polar surface area (TPSA) is 88.2 Å². The largest absolute Gasteiger partial charge is 0.319 e. The molecule has 144 valence electrons. The highest BCUT2D eigenvalue weighted by molar-refractivity contribution is 7.92. The highest BCUT2D eigenvalue weighted by Gasteiger charge is 2.21. The van der Waals surface area contributed by atoms with E-state index in [0.717, 1.165) is 12.1 Å². The third-order valence-corrected chi connectivity index (χ3v) is 5.80. The fourth-order valence-electron chi connectivity index (χ4n) is 2.47. The summed E-state index contributed by atoms with van der Waals surface area (Å²) in [5.74, 6) is -1.23. The molecule has 3 rings (SSSR count). The van der Waals surface area contributed by atoms with Crippen molar-refractivity contribution in [3.8, 4) is 0 Å². The van der Waals surface area contributed by atoms with Crippen molar-refractivity contribution >= 4 is 38.9 Å². The van der Waals surface area contributed by atoms with E-state index in [1.165, 1.54) is 30.5 Å². The minimum absolute atomic E-state index is 0.0498. The quantitative estimate of drug-likeness (QED) is 0.647. The number of carbonyl (C=O) groups excluding carboxylic acids is 1. The van der Waals surface area contributed by atoms with Crippen LogP contribution in [0.4, 0.5) is 15.8 Å². The van der Waals surface area contributed by atoms with E-state index in [-0.39, 0.29) is 27.0 Å². The van der Waals surface area contributed by atoms with Gasteiger partial charge in [0.25, 0.3) is 15.9 Å². The molecular weight excluding hydrogens is 405 g/mol. The molecule has 0 aliphatic rings. The summed E-state index contributed by atoms with van der Waals surface area (Å²) < 4.78 is 41.6. The Kier molecular flexibility index (Phi) is 5.62. The number of benzene rings is 2. The number of rotatable bonds is 5. The van der Waals surface area contributed by atoms with Gasteiger partial charge in [0.2, 0.25) is 0 Å². The number of nitrogens with zero attached hydrogens (tertiary/aromatic N) is 1. The minimum atomic E-state index is -4.07. The maximum atomic E-state index is 13.7. The number of pyridine rings is 1. The Hall–Kier alpha value is -2.97. The van der Waals surface area contributed by atoms with E-state index < -0.39 is 21.7 Å². The predicted molar refractivity (Wildman–Crippen MR) is 106 cm³/mol. The molecule has 1 heterocycles. The van der Waals surface area contributed by atoms with Crippen molar-refractivity contribution in [3.05, 3.63) is 82.9 Å². The van der Waals surface area contributed by atoms with Gasteiger partial charge in [0.1, 0.15) is 11.5 Å². The van der Waals surface area contributed by atoms with Gasteiger partial charge in [-0.25, -0.2) is 12.8 Å². The fourth-order valence-corrected chi connectivity index (χ4v) is 4.04. The lowest BCUT2D eigenvalue weighted by molar-refractivity contribution is 0.102. The molecule has 2 N–H and O–H groups in total. The zero-order chi connectivity index (χ0) is 20.3. The maximum Gasteiger partial charge on any atom is 0.274 e. The fraction of sp³-hybridized carbons (Fsp3) is 0.0526. The van der Waals surface area contributed by atoms with Crippen LogP contribution in [0.25, 0.3) is 0 Å². The second-order valence-electron chi connectivity index (χ2n) is 5.83. The van der Waals surface area contributed by atoms with Crippen molar-refractivity contribution in [3.63, 3.8) is 0 Å². The van der Waals surface area contributed by atoms with E-state index in [9.17, 15) is 17.6 Å². The maximum absolute atomic E-state index is 13.7. The predicted octanol–water partition coefficient (Wildman–Crippen LogP) is 4.24. The van der Waals surface area contributed by atoms with Gasteiger partial charge in [-0.15, -0.1) is 0 Å². The third kappa shape index (κ3) is 4.29. The van der Waals surface area contributed by atoms with Crippen LogP contribution >= 0.6 is 11.6 Å². The average Bonchev–Trinajstić information content (AvgIpc) is 2.66. The van der Waals surface area contributed by atoms with Crippen LogP contribution in [0.15, 0.2) is 65.7 Å². The molecule has 0 aliphatic heterocycles. The van der Waals surface area contributed by atoms with E-state index in [2.05, 4.69) is 15.0 Å². The van der Waals surface area contributed by atoms with Crippen LogP contribution in [-0.4, -0.2) is 19.3 Å². The molecule has 1 amide bonds. The molecule has 3 aromatic rings. The number of halogens is 2. The van der Waals surface area contributed by atoms with Gasteiger partial charge < -0.3 is 5.32 Å². The Balaban J connectivity index is 1.95. The standard InChI is InChI=1S/C19H15ClFN3O3S/c1-12-14(20)5-4-7-18(12)28(26,27)24-17-11-13(21)8-9-15(17)23-19(25)16-6-2-3-10-22-16/h2-11,24H,1H3,(H,23,25). The van der Waals surface area contributed by atoms with E-state index >= 15 is 0 Å². The Bertz CT molecular complexity index is 1140. The first-order chi connectivity index (χ1) is 13.3. The van der Waals surface area contributed by atoms with Gasteiger partial charge in [0, 0.05) is 17.3 Å². The molecule has 0 fully saturated rings. The number of amides is 1. The van der Waals surface area contributed by atoms with Gasteiger partial charge in [-0.1, -0.05) is 23.7 Å². The number of carbonyl (C=O) groups is 1. The van der Waals surface area contributed by atoms with Crippen LogP contribution in [0.3, 0.4) is 0 Å². The number of nitrogens with one attached hydrogen (secondary N) is 2. The second kappa shape index (κ2) is 7.95. The van der Waals surface area contributed by atoms with Gasteiger partial charge in [-0.05, 0) is 48.9 Å². The van der Waals surface area contributed by atoms with Gasteiger partial charge >= 0.3 is 0 Å². The number of sulfonamides is 1. The van der Waals surface area contributed by atoms with Crippen LogP contribution < -0.4 is 10.0 Å². The summed E-state index contributed by atoms with van der Waals surface area (Å²) in [6.45, 7) is 1.56. The van der Waals surface area contributed by atoms with Crippen LogP contribution in [0.5, 0.6) is 0 Å². The second-order valence-corrected chi connectivity index (χ2v) is 7.89. The third-order valence-electron chi connectivity index (χ3n) is 3.88. The normalized spacial score (nSPS) is 11.1. The Labute approximate surface area is 166 Å². The van der Waals surface area contributed by atoms with Crippen molar-refractivity contribution in [1.82, 2.24) is 4.98 Å². The average molecular weight is 420 g/mol. The van der Waals surface area contributed by atoms with Crippen LogP contribution in [0, 0.1) is 12.7 Å². The lowest BCUT2D eigenvalue weighted by Gasteiger charge is -2.15. The molecule has 0 spiro atoms. The number of aromatic nitrogens is 1. The summed E-state index contributed by atoms with van der Waals surface area (Å²) in [5, 5.41) is 2.82. The van der Waals surface area contributed by atoms with E-state index in [4.69, 9.17) is 11.6 Å². The smallest absolute Gasteiger partial charge is 0.274 e. The molecule has 0 atom stereocenters. The molecule has 0 saturated heterocycles. The first-order valence-corrected chi connectivity index (χ1v) is 9.94. The van der Waals surface area contributed by atoms with Crippen LogP contribution in [0.2, 0.25) is 5.02 Å². The Morgan fingerprint density at radius 2 is 1.86 bits per heavy atom. The molecule has 9 heteroatoms. The Morgan fingerprint density at radius 3 is 2.57 bits per heavy atom. The molecule has 0 saturated carbocycles. The van der Waals surface area contributed by atoms with Crippen molar-refractivity contribution in [2.24, 2.45) is 0 Å². The van der Waals surface area contributed by atoms with Crippen molar-refractivity contribution in [2.45, 2.75) is 11.8 Å². The highest BCUT2D eigenvalue weighted by atomic mass is 35.5. The summed E-state index contributed by atoms with van der Waals surface area (Å²) in [6.07, 6.45) is 1.45. The molecule has 0 unspecified atom stereocenters. The summed E-state index contributed by atoms with van der Waals surface area (Å²) in [7, 11) is -4.07. The molecule has 0 radical (unpaired) electrons. The SMILES string of the molecule is Cc1c(Cl)cccc1S(=O)(=O)Nc1cc(F)ccc1NC(=O)c1ccccn1. The molecule has 6 nitrogen and oxygen atoms in total. The lowest BCUT2D eigenvalue weighted by Crippen LogP contribution is -2.18. The summed E-state index contributed by atoms with van der Waals surface area (Å²) in [4.78, 5) is 16.2. The molecule has 0 bridgehead atoms. The lowest BCUT2D eigenvalue weighted by atomic mass is 10.2. The van der Waals surface area contributed by atoms with E-state index in [1.807, 2.05) is 0 Å². The number of hydrogen-bond donors (Lipinski definition) is 2. The Morgan fingerprint density at radius 1 is 1.07 bits per heavy atom. The molecular formula is C19H15ClFN3O3S. The zero-order valence-corrected chi connectivity index (χ0v) is 16.2. The van der Waals surface area contributed by atoms with Crippen molar-refractivity contribution in [2.75, 3.05) is 10.0 Å². The highest BCUT2D eigenvalue weighted by Crippen LogP contribution is 2.29. The van der Waals surface area contributed by atoms with Gasteiger partial charge in [-0.2, -0.15) is 0 Å².